The molecule has 0 fully saturated rings. The van der Waals surface area contributed by atoms with Gasteiger partial charge in [-0.05, 0) is 24.3 Å². The fourth-order valence-electron chi connectivity index (χ4n) is 1.66. The van der Waals surface area contributed by atoms with Crippen molar-refractivity contribution in [3.05, 3.63) is 42.2 Å². The predicted octanol–water partition coefficient (Wildman–Crippen LogP) is 2.60. The van der Waals surface area contributed by atoms with E-state index in [4.69, 9.17) is 5.73 Å². The van der Waals surface area contributed by atoms with Crippen LogP contribution in [0.25, 0.3) is 0 Å². The van der Waals surface area contributed by atoms with Crippen molar-refractivity contribution < 1.29 is 13.2 Å². The average Bonchev–Trinajstić information content (AvgIpc) is 2.83. The maximum Gasteiger partial charge on any atom is 0.418 e. The smallest absolute Gasteiger partial charge is 0.398 e. The Bertz CT molecular complexity index is 534. The summed E-state index contributed by atoms with van der Waals surface area (Å²) in [7, 11) is 0. The van der Waals surface area contributed by atoms with Crippen molar-refractivity contribution in [3.63, 3.8) is 0 Å². The van der Waals surface area contributed by atoms with E-state index in [1.165, 1.54) is 12.1 Å². The Morgan fingerprint density at radius 3 is 2.74 bits per heavy atom. The number of alkyl halides is 3. The third kappa shape index (κ3) is 3.40. The van der Waals surface area contributed by atoms with Crippen molar-refractivity contribution in [2.45, 2.75) is 12.7 Å². The summed E-state index contributed by atoms with van der Waals surface area (Å²) in [4.78, 5) is 0. The summed E-state index contributed by atoms with van der Waals surface area (Å²) in [6.45, 7) is 1.04. The van der Waals surface area contributed by atoms with E-state index in [-0.39, 0.29) is 5.69 Å². The second-order valence-electron chi connectivity index (χ2n) is 4.00. The van der Waals surface area contributed by atoms with Crippen LogP contribution in [0.4, 0.5) is 24.5 Å². The molecule has 0 aliphatic rings. The van der Waals surface area contributed by atoms with Gasteiger partial charge in [0.15, 0.2) is 0 Å². The minimum Gasteiger partial charge on any atom is -0.398 e. The summed E-state index contributed by atoms with van der Waals surface area (Å²) in [5, 5.41) is 6.90. The summed E-state index contributed by atoms with van der Waals surface area (Å²) in [6, 6.07) is 5.57. The Balaban J connectivity index is 2.01. The van der Waals surface area contributed by atoms with E-state index in [9.17, 15) is 13.2 Å². The number of benzene rings is 1. The Hall–Kier alpha value is -2.18. The Kier molecular flexibility index (Phi) is 3.64. The zero-order valence-corrected chi connectivity index (χ0v) is 9.98. The number of rotatable bonds is 4. The second-order valence-corrected chi connectivity index (χ2v) is 4.00. The number of halogens is 3. The molecule has 102 valence electrons. The number of nitrogens with two attached hydrogens (primary N) is 1. The summed E-state index contributed by atoms with van der Waals surface area (Å²) in [5.41, 5.74) is 4.61. The SMILES string of the molecule is Nc1ccc(NCCn2cccn2)cc1C(F)(F)F. The van der Waals surface area contributed by atoms with E-state index in [2.05, 4.69) is 10.4 Å². The summed E-state index contributed by atoms with van der Waals surface area (Å²) in [6.07, 6.45) is -1.01. The fourth-order valence-corrected chi connectivity index (χ4v) is 1.66. The fraction of sp³-hybridized carbons (Fsp3) is 0.250. The molecule has 4 nitrogen and oxygen atoms in total. The van der Waals surface area contributed by atoms with Crippen LogP contribution < -0.4 is 11.1 Å². The largest absolute Gasteiger partial charge is 0.418 e. The Labute approximate surface area is 108 Å². The first-order chi connectivity index (χ1) is 8.97. The summed E-state index contributed by atoms with van der Waals surface area (Å²) >= 11 is 0. The van der Waals surface area contributed by atoms with E-state index >= 15 is 0 Å². The van der Waals surface area contributed by atoms with Crippen LogP contribution in [0.1, 0.15) is 5.56 Å². The highest BCUT2D eigenvalue weighted by atomic mass is 19.4. The van der Waals surface area contributed by atoms with E-state index in [1.807, 2.05) is 0 Å². The van der Waals surface area contributed by atoms with Crippen molar-refractivity contribution >= 4 is 11.4 Å². The molecule has 1 aromatic carbocycles. The molecule has 0 spiro atoms. The molecule has 0 saturated carbocycles. The maximum atomic E-state index is 12.7. The van der Waals surface area contributed by atoms with Gasteiger partial charge < -0.3 is 11.1 Å². The van der Waals surface area contributed by atoms with Crippen LogP contribution in [0.5, 0.6) is 0 Å². The lowest BCUT2D eigenvalue weighted by molar-refractivity contribution is -0.136. The number of nitrogen functional groups attached to an aromatic ring is 1. The molecular weight excluding hydrogens is 257 g/mol. The molecule has 0 radical (unpaired) electrons. The topological polar surface area (TPSA) is 55.9 Å². The first-order valence-corrected chi connectivity index (χ1v) is 5.65. The molecule has 1 heterocycles. The van der Waals surface area contributed by atoms with Gasteiger partial charge in [-0.2, -0.15) is 18.3 Å². The molecule has 1 aromatic heterocycles. The van der Waals surface area contributed by atoms with E-state index in [1.54, 1.807) is 23.1 Å². The minimum atomic E-state index is -4.44. The van der Waals surface area contributed by atoms with Crippen molar-refractivity contribution in [2.24, 2.45) is 0 Å². The standard InChI is InChI=1S/C12H13F3N4/c13-12(14,15)10-8-9(2-3-11(10)16)17-5-7-19-6-1-4-18-19/h1-4,6,8,17H,5,7,16H2. The van der Waals surface area contributed by atoms with Gasteiger partial charge in [0.2, 0.25) is 0 Å². The number of nitrogens with zero attached hydrogens (tertiary/aromatic N) is 2. The monoisotopic (exact) mass is 270 g/mol. The molecular formula is C12H13F3N4. The van der Waals surface area contributed by atoms with Gasteiger partial charge in [0.25, 0.3) is 0 Å². The highest BCUT2D eigenvalue weighted by Gasteiger charge is 2.33. The van der Waals surface area contributed by atoms with E-state index in [0.717, 1.165) is 6.07 Å². The number of hydrogen-bond donors (Lipinski definition) is 2. The highest BCUT2D eigenvalue weighted by molar-refractivity contribution is 5.58. The van der Waals surface area contributed by atoms with Gasteiger partial charge >= 0.3 is 6.18 Å². The van der Waals surface area contributed by atoms with Gasteiger partial charge in [0.05, 0.1) is 12.1 Å². The predicted molar refractivity (Wildman–Crippen MR) is 66.6 cm³/mol. The van der Waals surface area contributed by atoms with E-state index < -0.39 is 11.7 Å². The number of nitrogens with one attached hydrogen (secondary N) is 1. The van der Waals surface area contributed by atoms with Gasteiger partial charge in [0, 0.05) is 30.3 Å². The molecule has 0 atom stereocenters. The van der Waals surface area contributed by atoms with Gasteiger partial charge in [-0.3, -0.25) is 4.68 Å². The lowest BCUT2D eigenvalue weighted by Gasteiger charge is -2.13. The molecule has 2 aromatic rings. The zero-order chi connectivity index (χ0) is 13.9. The van der Waals surface area contributed by atoms with Crippen LogP contribution in [0, 0.1) is 0 Å². The molecule has 7 heteroatoms. The second kappa shape index (κ2) is 5.21. The van der Waals surface area contributed by atoms with Gasteiger partial charge in [0.1, 0.15) is 0 Å². The van der Waals surface area contributed by atoms with Gasteiger partial charge in [-0.1, -0.05) is 0 Å². The van der Waals surface area contributed by atoms with E-state index in [0.29, 0.717) is 18.8 Å². The third-order valence-electron chi connectivity index (χ3n) is 2.59. The summed E-state index contributed by atoms with van der Waals surface area (Å²) in [5.74, 6) is 0. The first-order valence-electron chi connectivity index (χ1n) is 5.65. The quantitative estimate of drug-likeness (QED) is 0.840. The lowest BCUT2D eigenvalue weighted by atomic mass is 10.1. The van der Waals surface area contributed by atoms with Crippen LogP contribution in [0.2, 0.25) is 0 Å². The normalized spacial score (nSPS) is 11.5. The molecule has 0 aliphatic carbocycles. The zero-order valence-electron chi connectivity index (χ0n) is 9.98. The Morgan fingerprint density at radius 1 is 1.32 bits per heavy atom. The maximum absolute atomic E-state index is 12.7. The van der Waals surface area contributed by atoms with Crippen LogP contribution in [0.3, 0.4) is 0 Å². The van der Waals surface area contributed by atoms with Crippen LogP contribution in [-0.2, 0) is 12.7 Å². The molecule has 19 heavy (non-hydrogen) atoms. The average molecular weight is 270 g/mol. The summed E-state index contributed by atoms with van der Waals surface area (Å²) < 4.78 is 39.6. The molecule has 2 rings (SSSR count). The van der Waals surface area contributed by atoms with Crippen molar-refractivity contribution in [2.75, 3.05) is 17.6 Å². The third-order valence-corrected chi connectivity index (χ3v) is 2.59. The molecule has 3 N–H and O–H groups in total. The van der Waals surface area contributed by atoms with Crippen molar-refractivity contribution in [3.8, 4) is 0 Å². The number of anilines is 2. The van der Waals surface area contributed by atoms with Crippen LogP contribution in [-0.4, -0.2) is 16.3 Å². The molecule has 0 unspecified atom stereocenters. The van der Waals surface area contributed by atoms with Crippen LogP contribution in [0.15, 0.2) is 36.7 Å². The van der Waals surface area contributed by atoms with Crippen LogP contribution >= 0.6 is 0 Å². The first kappa shape index (κ1) is 13.3. The lowest BCUT2D eigenvalue weighted by Crippen LogP contribution is -2.13. The van der Waals surface area contributed by atoms with Gasteiger partial charge in [-0.25, -0.2) is 0 Å². The van der Waals surface area contributed by atoms with Crippen molar-refractivity contribution in [1.29, 1.82) is 0 Å². The molecule has 0 aliphatic heterocycles. The minimum absolute atomic E-state index is 0.273. The molecule has 0 amide bonds. The molecule has 0 bridgehead atoms. The number of aromatic nitrogens is 2. The number of hydrogen-bond acceptors (Lipinski definition) is 3. The van der Waals surface area contributed by atoms with Gasteiger partial charge in [-0.15, -0.1) is 0 Å². The molecule has 0 saturated heterocycles. The highest BCUT2D eigenvalue weighted by Crippen LogP contribution is 2.34. The Morgan fingerprint density at radius 2 is 2.11 bits per heavy atom. The van der Waals surface area contributed by atoms with Crippen molar-refractivity contribution in [1.82, 2.24) is 9.78 Å².